The second-order valence-electron chi connectivity index (χ2n) is 8.83. The van der Waals surface area contributed by atoms with E-state index in [2.05, 4.69) is 6.92 Å². The minimum Gasteiger partial charge on any atom is -1.00 e. The van der Waals surface area contributed by atoms with E-state index < -0.39 is 36.2 Å². The maximum Gasteiger partial charge on any atom is 1.00 e. The van der Waals surface area contributed by atoms with Gasteiger partial charge in [0.25, 0.3) is 0 Å². The molecule has 1 aliphatic heterocycles. The number of rotatable bonds is 10. The number of halogens is 1. The van der Waals surface area contributed by atoms with Gasteiger partial charge in [0.2, 0.25) is 0 Å². The Hall–Kier alpha value is -0.400. The van der Waals surface area contributed by atoms with E-state index in [1.54, 1.807) is 18.2 Å². The molecule has 0 aromatic heterocycles. The summed E-state index contributed by atoms with van der Waals surface area (Å²) in [5, 5.41) is 29.6. The topological polar surface area (TPSA) is 87.0 Å². The molecule has 0 unspecified atom stereocenters. The molecule has 1 saturated carbocycles. The zero-order valence-corrected chi connectivity index (χ0v) is 20.2. The summed E-state index contributed by atoms with van der Waals surface area (Å²) in [6.07, 6.45) is 6.36. The van der Waals surface area contributed by atoms with Gasteiger partial charge in [-0.2, -0.15) is 0 Å². The molecule has 0 spiro atoms. The smallest absolute Gasteiger partial charge is 1.00 e. The number of ether oxygens (including phenoxy) is 1. The minimum atomic E-state index is -1.31. The first-order valence-electron chi connectivity index (χ1n) is 10.4. The first-order chi connectivity index (χ1) is 13.2. The Morgan fingerprint density at radius 3 is 2.72 bits per heavy atom. The maximum atomic E-state index is 15.0. The van der Waals surface area contributed by atoms with Gasteiger partial charge < -0.3 is 21.5 Å². The van der Waals surface area contributed by atoms with Gasteiger partial charge in [-0.25, -0.2) is 4.39 Å². The molecule has 0 radical (unpaired) electrons. The van der Waals surface area contributed by atoms with E-state index in [1.807, 2.05) is 13.8 Å². The average molecular weight is 423 g/mol. The van der Waals surface area contributed by atoms with Crippen LogP contribution in [0.1, 0.15) is 67.1 Å². The Labute approximate surface area is 197 Å². The van der Waals surface area contributed by atoms with Crippen molar-refractivity contribution >= 4 is 5.97 Å². The number of hydrogen-bond donors (Lipinski definition) is 3. The number of alkyl halides is 1. The van der Waals surface area contributed by atoms with Crippen LogP contribution in [-0.2, 0) is 9.53 Å². The van der Waals surface area contributed by atoms with Gasteiger partial charge in [0.05, 0.1) is 12.2 Å². The van der Waals surface area contributed by atoms with Crippen molar-refractivity contribution in [2.24, 2.45) is 17.3 Å². The monoisotopic (exact) mass is 422 g/mol. The molecule has 2 fully saturated rings. The van der Waals surface area contributed by atoms with E-state index in [-0.39, 0.29) is 54.7 Å². The Morgan fingerprint density at radius 2 is 2.10 bits per heavy atom. The fourth-order valence-corrected chi connectivity index (χ4v) is 4.19. The quantitative estimate of drug-likeness (QED) is 0.279. The molecule has 6 atom stereocenters. The molecule has 2 rings (SSSR count). The number of carbonyl (C=O) groups is 1. The zero-order valence-electron chi connectivity index (χ0n) is 19.2. The molecule has 0 aromatic rings. The molecule has 29 heavy (non-hydrogen) atoms. The third-order valence-electron chi connectivity index (χ3n) is 6.12. The molecule has 3 N–H and O–H groups in total. The van der Waals surface area contributed by atoms with Gasteiger partial charge in [-0.1, -0.05) is 45.8 Å². The van der Waals surface area contributed by atoms with Gasteiger partial charge in [0.15, 0.2) is 6.17 Å². The first kappa shape index (κ1) is 26.6. The molecule has 0 amide bonds. The molecule has 162 valence electrons. The molecule has 0 aromatic carbocycles. The Morgan fingerprint density at radius 1 is 1.41 bits per heavy atom. The summed E-state index contributed by atoms with van der Waals surface area (Å²) in [5.74, 6) is -1.48. The van der Waals surface area contributed by atoms with E-state index in [9.17, 15) is 19.4 Å². The number of aliphatic hydroxyl groups is 2. The van der Waals surface area contributed by atoms with Gasteiger partial charge in [0.1, 0.15) is 11.9 Å². The molecule has 1 heterocycles. The number of hydrogen-bond acceptors (Lipinski definition) is 4. The van der Waals surface area contributed by atoms with Crippen molar-refractivity contribution in [1.82, 2.24) is 0 Å². The standard InChI is InChI=1S/C22H35FO5.Na.H/c1-4-5-12-22(2,3)18(25)11-10-14-15(24)13-17-20(14)21(23)16(28-17)8-6-7-9-19(26)27;;/h8,10-11,14-15,17-18,20-21,24-25H,4-7,9,12-13H2,1-3H3,(H,26,27);;/q;+1;-1/b11-10+,16-8-;;/t14-,15+,17-,18+,20+,21-;;/m0../s1. The number of carboxylic acid groups (broad SMARTS) is 1. The van der Waals surface area contributed by atoms with Crippen molar-refractivity contribution in [1.29, 1.82) is 0 Å². The fourth-order valence-electron chi connectivity index (χ4n) is 4.19. The van der Waals surface area contributed by atoms with Crippen LogP contribution < -0.4 is 29.6 Å². The van der Waals surface area contributed by atoms with Crippen LogP contribution in [0.5, 0.6) is 0 Å². The number of allylic oxidation sites excluding steroid dienone is 2. The number of fused-ring (bicyclic) bond motifs is 1. The number of aliphatic hydroxyl groups excluding tert-OH is 2. The predicted octanol–water partition coefficient (Wildman–Crippen LogP) is 1.11. The van der Waals surface area contributed by atoms with Gasteiger partial charge in [-0.3, -0.25) is 4.79 Å². The van der Waals surface area contributed by atoms with Crippen LogP contribution in [0, 0.1) is 17.3 Å². The van der Waals surface area contributed by atoms with Crippen LogP contribution in [0.25, 0.3) is 0 Å². The normalized spacial score (nSPS) is 31.5. The van der Waals surface area contributed by atoms with Crippen LogP contribution in [0.2, 0.25) is 0 Å². The van der Waals surface area contributed by atoms with Gasteiger partial charge in [-0.15, -0.1) is 0 Å². The minimum absolute atomic E-state index is 0. The Bertz CT molecular complexity index is 598. The Kier molecular flexibility index (Phi) is 10.9. The van der Waals surface area contributed by atoms with Gasteiger partial charge in [-0.05, 0) is 30.8 Å². The molecule has 1 saturated heterocycles. The number of unbranched alkanes of at least 4 members (excludes halogenated alkanes) is 2. The molecule has 2 aliphatic rings. The van der Waals surface area contributed by atoms with Crippen molar-refractivity contribution in [2.45, 2.75) is 90.2 Å². The van der Waals surface area contributed by atoms with Gasteiger partial charge in [0, 0.05) is 24.7 Å². The van der Waals surface area contributed by atoms with E-state index in [1.165, 1.54) is 0 Å². The van der Waals surface area contributed by atoms with Crippen molar-refractivity contribution in [3.63, 3.8) is 0 Å². The third kappa shape index (κ3) is 7.06. The number of aliphatic carboxylic acids is 1. The molecular weight excluding hydrogens is 386 g/mol. The van der Waals surface area contributed by atoms with Crippen LogP contribution in [-0.4, -0.2) is 45.8 Å². The molecule has 5 nitrogen and oxygen atoms in total. The second-order valence-corrected chi connectivity index (χ2v) is 8.83. The molecule has 0 bridgehead atoms. The second kappa shape index (κ2) is 11.8. The average Bonchev–Trinajstić information content (AvgIpc) is 3.09. The SMILES string of the molecule is CCCCC(C)(C)[C@H](O)/C=C/[C@@H]1[C@@H]2[C@H](C[C@H]1O)O/C(=C\CCCC(=O)O)[C@@H]2F.[H-].[Na+]. The molecular formula is C22H36FNaO5. The van der Waals surface area contributed by atoms with Crippen molar-refractivity contribution in [3.05, 3.63) is 24.0 Å². The maximum absolute atomic E-state index is 15.0. The zero-order chi connectivity index (χ0) is 20.9. The van der Waals surface area contributed by atoms with Crippen molar-refractivity contribution in [2.75, 3.05) is 0 Å². The molecule has 1 aliphatic carbocycles. The summed E-state index contributed by atoms with van der Waals surface area (Å²) < 4.78 is 20.7. The summed E-state index contributed by atoms with van der Waals surface area (Å²) in [7, 11) is 0. The number of carboxylic acids is 1. The fraction of sp³-hybridized carbons (Fsp3) is 0.773. The third-order valence-corrected chi connectivity index (χ3v) is 6.12. The van der Waals surface area contributed by atoms with Crippen LogP contribution in [0.4, 0.5) is 4.39 Å². The summed E-state index contributed by atoms with van der Waals surface area (Å²) in [6.45, 7) is 6.14. The van der Waals surface area contributed by atoms with E-state index in [0.29, 0.717) is 19.3 Å². The van der Waals surface area contributed by atoms with Crippen LogP contribution in [0.15, 0.2) is 24.0 Å². The predicted molar refractivity (Wildman–Crippen MR) is 107 cm³/mol. The van der Waals surface area contributed by atoms with Gasteiger partial charge >= 0.3 is 35.5 Å². The largest absolute Gasteiger partial charge is 1.00 e. The first-order valence-corrected chi connectivity index (χ1v) is 10.4. The van der Waals surface area contributed by atoms with E-state index in [4.69, 9.17) is 9.84 Å². The van der Waals surface area contributed by atoms with Crippen molar-refractivity contribution < 1.29 is 60.2 Å². The summed E-state index contributed by atoms with van der Waals surface area (Å²) >= 11 is 0. The van der Waals surface area contributed by atoms with E-state index >= 15 is 0 Å². The molecule has 7 heteroatoms. The van der Waals surface area contributed by atoms with E-state index in [0.717, 1.165) is 19.3 Å². The van der Waals surface area contributed by atoms with Crippen molar-refractivity contribution in [3.8, 4) is 0 Å². The summed E-state index contributed by atoms with van der Waals surface area (Å²) in [5.41, 5.74) is -0.272. The summed E-state index contributed by atoms with van der Waals surface area (Å²) in [6, 6.07) is 0. The Balaban J connectivity index is 0.00000420. The summed E-state index contributed by atoms with van der Waals surface area (Å²) in [4.78, 5) is 10.6. The van der Waals surface area contributed by atoms with Crippen LogP contribution >= 0.6 is 0 Å². The van der Waals surface area contributed by atoms with Crippen LogP contribution in [0.3, 0.4) is 0 Å².